The molecule has 0 saturated heterocycles. The molecule has 1 unspecified atom stereocenters. The SMILES string of the molecule is CNC(Cc1cc(OC)c(OC)cc1[N+](=O)[O-])C1CC1. The van der Waals surface area contributed by atoms with E-state index in [1.54, 1.807) is 6.07 Å². The van der Waals surface area contributed by atoms with Crippen LogP contribution in [-0.4, -0.2) is 32.2 Å². The van der Waals surface area contributed by atoms with Crippen LogP contribution in [0.4, 0.5) is 5.69 Å². The molecule has 1 aromatic rings. The summed E-state index contributed by atoms with van der Waals surface area (Å²) in [5, 5.41) is 14.5. The van der Waals surface area contributed by atoms with Gasteiger partial charge in [0, 0.05) is 11.6 Å². The van der Waals surface area contributed by atoms with Crippen LogP contribution in [0.2, 0.25) is 0 Å². The molecule has 6 nitrogen and oxygen atoms in total. The molecule has 6 heteroatoms. The van der Waals surface area contributed by atoms with Gasteiger partial charge >= 0.3 is 0 Å². The number of hydrogen-bond donors (Lipinski definition) is 1. The van der Waals surface area contributed by atoms with Gasteiger partial charge in [-0.3, -0.25) is 10.1 Å². The number of methoxy groups -OCH3 is 2. The average molecular weight is 280 g/mol. The summed E-state index contributed by atoms with van der Waals surface area (Å²) in [5.74, 6) is 1.53. The molecular weight excluding hydrogens is 260 g/mol. The third-order valence-electron chi connectivity index (χ3n) is 3.78. The van der Waals surface area contributed by atoms with Gasteiger partial charge in [0.15, 0.2) is 11.5 Å². The zero-order valence-corrected chi connectivity index (χ0v) is 12.0. The maximum atomic E-state index is 11.2. The normalized spacial score (nSPS) is 15.8. The van der Waals surface area contributed by atoms with E-state index in [1.807, 2.05) is 7.05 Å². The fourth-order valence-electron chi connectivity index (χ4n) is 2.48. The Bertz CT molecular complexity index is 500. The minimum Gasteiger partial charge on any atom is -0.493 e. The van der Waals surface area contributed by atoms with Crippen molar-refractivity contribution in [2.24, 2.45) is 5.92 Å². The highest BCUT2D eigenvalue weighted by Gasteiger charge is 2.32. The van der Waals surface area contributed by atoms with Gasteiger partial charge < -0.3 is 14.8 Å². The molecule has 1 saturated carbocycles. The van der Waals surface area contributed by atoms with Crippen molar-refractivity contribution < 1.29 is 14.4 Å². The lowest BCUT2D eigenvalue weighted by Gasteiger charge is -2.16. The lowest BCUT2D eigenvalue weighted by atomic mass is 10.00. The highest BCUT2D eigenvalue weighted by molar-refractivity contribution is 5.54. The van der Waals surface area contributed by atoms with Crippen molar-refractivity contribution in [3.8, 4) is 11.5 Å². The van der Waals surface area contributed by atoms with Crippen LogP contribution in [0.15, 0.2) is 12.1 Å². The number of nitrogens with zero attached hydrogens (tertiary/aromatic N) is 1. The van der Waals surface area contributed by atoms with Crippen LogP contribution in [0.3, 0.4) is 0 Å². The van der Waals surface area contributed by atoms with Gasteiger partial charge in [-0.25, -0.2) is 0 Å². The first-order valence-corrected chi connectivity index (χ1v) is 6.67. The summed E-state index contributed by atoms with van der Waals surface area (Å²) in [4.78, 5) is 10.9. The Hall–Kier alpha value is -1.82. The van der Waals surface area contributed by atoms with Gasteiger partial charge in [-0.2, -0.15) is 0 Å². The third-order valence-corrected chi connectivity index (χ3v) is 3.78. The van der Waals surface area contributed by atoms with E-state index in [0.29, 0.717) is 29.4 Å². The van der Waals surface area contributed by atoms with Crippen molar-refractivity contribution in [3.05, 3.63) is 27.8 Å². The first-order chi connectivity index (χ1) is 9.60. The molecule has 1 fully saturated rings. The van der Waals surface area contributed by atoms with E-state index in [-0.39, 0.29) is 16.7 Å². The van der Waals surface area contributed by atoms with Crippen LogP contribution < -0.4 is 14.8 Å². The largest absolute Gasteiger partial charge is 0.493 e. The Morgan fingerprint density at radius 3 is 2.40 bits per heavy atom. The van der Waals surface area contributed by atoms with Crippen LogP contribution in [-0.2, 0) is 6.42 Å². The van der Waals surface area contributed by atoms with Gasteiger partial charge in [0.05, 0.1) is 25.2 Å². The Balaban J connectivity index is 2.35. The number of hydrogen-bond acceptors (Lipinski definition) is 5. The molecule has 0 aliphatic heterocycles. The fourth-order valence-corrected chi connectivity index (χ4v) is 2.48. The Morgan fingerprint density at radius 1 is 1.35 bits per heavy atom. The molecule has 110 valence electrons. The number of benzene rings is 1. The second-order valence-corrected chi connectivity index (χ2v) is 5.03. The molecule has 1 aromatic carbocycles. The number of nitro benzene ring substituents is 1. The fraction of sp³-hybridized carbons (Fsp3) is 0.571. The zero-order valence-electron chi connectivity index (χ0n) is 12.0. The summed E-state index contributed by atoms with van der Waals surface area (Å²) in [7, 11) is 4.90. The minimum absolute atomic E-state index is 0.0866. The molecule has 1 aliphatic rings. The molecular formula is C14H20N2O4. The van der Waals surface area contributed by atoms with Crippen LogP contribution >= 0.6 is 0 Å². The van der Waals surface area contributed by atoms with Gasteiger partial charge in [-0.1, -0.05) is 0 Å². The van der Waals surface area contributed by atoms with Gasteiger partial charge in [-0.15, -0.1) is 0 Å². The number of ether oxygens (including phenoxy) is 2. The molecule has 1 N–H and O–H groups in total. The number of nitrogens with one attached hydrogen (secondary N) is 1. The molecule has 0 bridgehead atoms. The Kier molecular flexibility index (Phi) is 4.44. The molecule has 1 aliphatic carbocycles. The van der Waals surface area contributed by atoms with E-state index >= 15 is 0 Å². The number of rotatable bonds is 7. The summed E-state index contributed by atoms with van der Waals surface area (Å²) in [6.07, 6.45) is 3.00. The van der Waals surface area contributed by atoms with Crippen molar-refractivity contribution in [1.29, 1.82) is 0 Å². The lowest BCUT2D eigenvalue weighted by molar-refractivity contribution is -0.385. The van der Waals surface area contributed by atoms with Crippen molar-refractivity contribution in [1.82, 2.24) is 5.32 Å². The van der Waals surface area contributed by atoms with Crippen molar-refractivity contribution in [2.75, 3.05) is 21.3 Å². The molecule has 0 heterocycles. The topological polar surface area (TPSA) is 73.6 Å². The standard InChI is InChI=1S/C14H20N2O4/c1-15-11(9-4-5-9)6-10-7-13(19-2)14(20-3)8-12(10)16(17)18/h7-9,11,15H,4-6H2,1-3H3. The Morgan fingerprint density at radius 2 is 1.95 bits per heavy atom. The van der Waals surface area contributed by atoms with E-state index in [9.17, 15) is 10.1 Å². The summed E-state index contributed by atoms with van der Waals surface area (Å²) in [6.45, 7) is 0. The molecule has 0 spiro atoms. The monoisotopic (exact) mass is 280 g/mol. The average Bonchev–Trinajstić information content (AvgIpc) is 3.28. The second kappa shape index (κ2) is 6.09. The minimum atomic E-state index is -0.364. The zero-order chi connectivity index (χ0) is 14.7. The maximum absolute atomic E-state index is 11.2. The molecule has 2 rings (SSSR count). The molecule has 1 atom stereocenters. The summed E-state index contributed by atoms with van der Waals surface area (Å²) in [6, 6.07) is 3.42. The number of nitro groups is 1. The van der Waals surface area contributed by atoms with Crippen LogP contribution in [0.5, 0.6) is 11.5 Å². The molecule has 0 aromatic heterocycles. The molecule has 0 radical (unpaired) electrons. The smallest absolute Gasteiger partial charge is 0.276 e. The predicted molar refractivity (Wildman–Crippen MR) is 75.5 cm³/mol. The van der Waals surface area contributed by atoms with E-state index in [0.717, 1.165) is 0 Å². The summed E-state index contributed by atoms with van der Waals surface area (Å²) in [5.41, 5.74) is 0.766. The third kappa shape index (κ3) is 3.01. The van der Waals surface area contributed by atoms with E-state index in [2.05, 4.69) is 5.32 Å². The summed E-state index contributed by atoms with van der Waals surface area (Å²) < 4.78 is 10.4. The highest BCUT2D eigenvalue weighted by atomic mass is 16.6. The Labute approximate surface area is 118 Å². The highest BCUT2D eigenvalue weighted by Crippen LogP contribution is 2.38. The maximum Gasteiger partial charge on any atom is 0.276 e. The van der Waals surface area contributed by atoms with Crippen LogP contribution in [0, 0.1) is 16.0 Å². The summed E-state index contributed by atoms with van der Waals surface area (Å²) >= 11 is 0. The molecule has 0 amide bonds. The van der Waals surface area contributed by atoms with E-state index in [1.165, 1.54) is 33.1 Å². The number of likely N-dealkylation sites (N-methyl/N-ethyl adjacent to an activating group) is 1. The molecule has 20 heavy (non-hydrogen) atoms. The van der Waals surface area contributed by atoms with Crippen molar-refractivity contribution in [3.63, 3.8) is 0 Å². The van der Waals surface area contributed by atoms with Crippen LogP contribution in [0.1, 0.15) is 18.4 Å². The second-order valence-electron chi connectivity index (χ2n) is 5.03. The lowest BCUT2D eigenvalue weighted by Crippen LogP contribution is -2.29. The first-order valence-electron chi connectivity index (χ1n) is 6.67. The van der Waals surface area contributed by atoms with Crippen molar-refractivity contribution in [2.45, 2.75) is 25.3 Å². The first kappa shape index (κ1) is 14.6. The van der Waals surface area contributed by atoms with Gasteiger partial charge in [0.1, 0.15) is 0 Å². The van der Waals surface area contributed by atoms with Crippen molar-refractivity contribution >= 4 is 5.69 Å². The quantitative estimate of drug-likeness (QED) is 0.612. The van der Waals surface area contributed by atoms with E-state index in [4.69, 9.17) is 9.47 Å². The van der Waals surface area contributed by atoms with Gasteiger partial charge in [0.25, 0.3) is 5.69 Å². The predicted octanol–water partition coefficient (Wildman–Crippen LogP) is 2.15. The van der Waals surface area contributed by atoms with Gasteiger partial charge in [-0.05, 0) is 38.3 Å². The van der Waals surface area contributed by atoms with Gasteiger partial charge in [0.2, 0.25) is 0 Å². The van der Waals surface area contributed by atoms with Crippen LogP contribution in [0.25, 0.3) is 0 Å². The van der Waals surface area contributed by atoms with E-state index < -0.39 is 0 Å².